The van der Waals surface area contributed by atoms with E-state index >= 15 is 0 Å². The second-order valence-corrected chi connectivity index (χ2v) is 7.86. The van der Waals surface area contributed by atoms with E-state index in [0.717, 1.165) is 24.2 Å². The molecule has 1 aromatic heterocycles. The second kappa shape index (κ2) is 9.80. The minimum absolute atomic E-state index is 0.302. The number of urea groups is 1. The van der Waals surface area contributed by atoms with Crippen LogP contribution in [0.2, 0.25) is 0 Å². The molecule has 0 aliphatic rings. The summed E-state index contributed by atoms with van der Waals surface area (Å²) in [6, 6.07) is 11.9. The Labute approximate surface area is 182 Å². The molecule has 0 spiro atoms. The Hall–Kier alpha value is -3.11. The molecule has 0 saturated carbocycles. The number of likely N-dealkylation sites (N-methyl/N-ethyl adjacent to an activating group) is 1. The zero-order chi connectivity index (χ0) is 22.4. The van der Waals surface area contributed by atoms with Gasteiger partial charge in [-0.1, -0.05) is 18.2 Å². The molecule has 0 aliphatic carbocycles. The first kappa shape index (κ1) is 22.6. The summed E-state index contributed by atoms with van der Waals surface area (Å²) >= 11 is 1.28. The van der Waals surface area contributed by atoms with Gasteiger partial charge in [0.15, 0.2) is 5.13 Å². The van der Waals surface area contributed by atoms with Crippen LogP contribution < -0.4 is 16.0 Å². The third-order valence-electron chi connectivity index (χ3n) is 4.21. The largest absolute Gasteiger partial charge is 0.416 e. The monoisotopic (exact) mass is 449 g/mol. The Bertz CT molecular complexity index is 1040. The lowest BCUT2D eigenvalue weighted by molar-refractivity contribution is -0.137. The fourth-order valence-electron chi connectivity index (χ4n) is 2.69. The number of aromatic nitrogens is 1. The first-order chi connectivity index (χ1) is 14.7. The average Bonchev–Trinajstić information content (AvgIpc) is 3.16. The number of nitrogens with zero attached hydrogens (tertiary/aromatic N) is 2. The van der Waals surface area contributed by atoms with Gasteiger partial charge >= 0.3 is 12.2 Å². The predicted molar refractivity (Wildman–Crippen MR) is 118 cm³/mol. The number of alkyl halides is 3. The lowest BCUT2D eigenvalue weighted by Crippen LogP contribution is -2.34. The number of anilines is 3. The van der Waals surface area contributed by atoms with E-state index < -0.39 is 11.7 Å². The zero-order valence-electron chi connectivity index (χ0n) is 17.0. The highest BCUT2D eigenvalue weighted by molar-refractivity contribution is 7.14. The van der Waals surface area contributed by atoms with Gasteiger partial charge in [-0.3, -0.25) is 0 Å². The van der Waals surface area contributed by atoms with Crippen LogP contribution in [0.25, 0.3) is 11.3 Å². The number of thiazole rings is 1. The molecule has 0 fully saturated rings. The normalized spacial score (nSPS) is 11.4. The lowest BCUT2D eigenvalue weighted by Gasteiger charge is -2.11. The molecule has 10 heteroatoms. The number of carbonyl (C=O) groups excluding carboxylic acids is 1. The third kappa shape index (κ3) is 6.69. The van der Waals surface area contributed by atoms with Crippen molar-refractivity contribution in [2.75, 3.05) is 37.8 Å². The van der Waals surface area contributed by atoms with Crippen molar-refractivity contribution in [3.05, 3.63) is 59.5 Å². The summed E-state index contributed by atoms with van der Waals surface area (Å²) in [7, 11) is 3.85. The van der Waals surface area contributed by atoms with E-state index in [1.807, 2.05) is 25.1 Å². The molecule has 3 N–H and O–H groups in total. The fraction of sp³-hybridized carbons (Fsp3) is 0.238. The molecular formula is C21H22F3N5OS. The summed E-state index contributed by atoms with van der Waals surface area (Å²) in [5.41, 5.74) is 1.62. The molecule has 0 unspecified atom stereocenters. The summed E-state index contributed by atoms with van der Waals surface area (Å²) in [6.07, 6.45) is -4.40. The molecule has 164 valence electrons. The quantitative estimate of drug-likeness (QED) is 0.461. The average molecular weight is 450 g/mol. The van der Waals surface area contributed by atoms with Gasteiger partial charge in [0.1, 0.15) is 0 Å². The molecule has 6 nitrogen and oxygen atoms in total. The Morgan fingerprint density at radius 1 is 1.10 bits per heavy atom. The van der Waals surface area contributed by atoms with E-state index in [-0.39, 0.29) is 6.03 Å². The van der Waals surface area contributed by atoms with Gasteiger partial charge in [0, 0.05) is 35.4 Å². The van der Waals surface area contributed by atoms with Crippen molar-refractivity contribution in [1.82, 2.24) is 15.2 Å². The summed E-state index contributed by atoms with van der Waals surface area (Å²) < 4.78 is 38.7. The van der Waals surface area contributed by atoms with Gasteiger partial charge in [-0.05, 0) is 44.4 Å². The van der Waals surface area contributed by atoms with Crippen molar-refractivity contribution in [3.8, 4) is 11.3 Å². The van der Waals surface area contributed by atoms with Gasteiger partial charge in [0.25, 0.3) is 0 Å². The number of amides is 2. The Kier molecular flexibility index (Phi) is 7.13. The van der Waals surface area contributed by atoms with E-state index in [9.17, 15) is 18.0 Å². The number of nitrogens with one attached hydrogen (secondary N) is 3. The first-order valence-corrected chi connectivity index (χ1v) is 10.3. The molecule has 3 rings (SSSR count). The van der Waals surface area contributed by atoms with E-state index in [2.05, 4.69) is 20.9 Å². The molecular weight excluding hydrogens is 427 g/mol. The summed E-state index contributed by atoms with van der Waals surface area (Å²) in [6.45, 7) is 1.25. The van der Waals surface area contributed by atoms with Gasteiger partial charge in [-0.2, -0.15) is 13.2 Å². The number of rotatable bonds is 7. The molecule has 0 atom stereocenters. The maximum atomic E-state index is 12.9. The minimum Gasteiger partial charge on any atom is -0.337 e. The molecule has 3 aromatic rings. The highest BCUT2D eigenvalue weighted by Crippen LogP contribution is 2.33. The number of hydrogen-bond donors (Lipinski definition) is 3. The molecule has 0 radical (unpaired) electrons. The third-order valence-corrected chi connectivity index (χ3v) is 4.96. The second-order valence-electron chi connectivity index (χ2n) is 7.01. The zero-order valence-corrected chi connectivity index (χ0v) is 17.8. The van der Waals surface area contributed by atoms with Crippen molar-refractivity contribution in [3.63, 3.8) is 0 Å². The van der Waals surface area contributed by atoms with Crippen LogP contribution in [0.5, 0.6) is 0 Å². The van der Waals surface area contributed by atoms with Crippen LogP contribution in [0.3, 0.4) is 0 Å². The minimum atomic E-state index is -4.40. The lowest BCUT2D eigenvalue weighted by atomic mass is 10.1. The standard InChI is InChI=1S/C21H22F3N5OS/c1-29(2)10-9-25-19(30)26-16-7-3-5-14(11-16)18-13-31-20(28-18)27-17-8-4-6-15(12-17)21(22,23)24/h3-8,11-13H,9-10H2,1-2H3,(H,27,28)(H2,25,26,30). The van der Waals surface area contributed by atoms with Crippen LogP contribution in [0.4, 0.5) is 34.5 Å². The summed E-state index contributed by atoms with van der Waals surface area (Å²) in [5.74, 6) is 0. The highest BCUT2D eigenvalue weighted by Gasteiger charge is 2.30. The van der Waals surface area contributed by atoms with Crippen LogP contribution >= 0.6 is 11.3 Å². The van der Waals surface area contributed by atoms with Crippen molar-refractivity contribution < 1.29 is 18.0 Å². The molecule has 1 heterocycles. The highest BCUT2D eigenvalue weighted by atomic mass is 32.1. The van der Waals surface area contributed by atoms with E-state index in [0.29, 0.717) is 28.7 Å². The van der Waals surface area contributed by atoms with Crippen LogP contribution in [0.1, 0.15) is 5.56 Å². The summed E-state index contributed by atoms with van der Waals surface area (Å²) in [5, 5.41) is 10.7. The number of hydrogen-bond acceptors (Lipinski definition) is 5. The fourth-order valence-corrected chi connectivity index (χ4v) is 3.42. The van der Waals surface area contributed by atoms with E-state index in [1.54, 1.807) is 29.6 Å². The van der Waals surface area contributed by atoms with Gasteiger partial charge in [-0.25, -0.2) is 9.78 Å². The molecule has 0 bridgehead atoms. The Balaban J connectivity index is 1.66. The molecule has 0 aliphatic heterocycles. The van der Waals surface area contributed by atoms with E-state index in [4.69, 9.17) is 0 Å². The molecule has 31 heavy (non-hydrogen) atoms. The van der Waals surface area contributed by atoms with Crippen LogP contribution in [0, 0.1) is 0 Å². The first-order valence-electron chi connectivity index (χ1n) is 9.40. The van der Waals surface area contributed by atoms with Gasteiger partial charge in [-0.15, -0.1) is 11.3 Å². The van der Waals surface area contributed by atoms with Gasteiger partial charge in [0.2, 0.25) is 0 Å². The maximum Gasteiger partial charge on any atom is 0.416 e. The van der Waals surface area contributed by atoms with E-state index in [1.165, 1.54) is 17.4 Å². The molecule has 0 saturated heterocycles. The SMILES string of the molecule is CN(C)CCNC(=O)Nc1cccc(-c2csc(Nc3cccc(C(F)(F)F)c3)n2)c1. The molecule has 2 amide bonds. The van der Waals surface area contributed by atoms with Crippen LogP contribution in [0.15, 0.2) is 53.9 Å². The van der Waals surface area contributed by atoms with Crippen LogP contribution in [-0.4, -0.2) is 43.1 Å². The smallest absolute Gasteiger partial charge is 0.337 e. The topological polar surface area (TPSA) is 69.3 Å². The number of benzene rings is 2. The number of halogens is 3. The van der Waals surface area contributed by atoms with Crippen molar-refractivity contribution in [1.29, 1.82) is 0 Å². The van der Waals surface area contributed by atoms with Gasteiger partial charge in [0.05, 0.1) is 11.3 Å². The molecule has 2 aromatic carbocycles. The van der Waals surface area contributed by atoms with Crippen LogP contribution in [-0.2, 0) is 6.18 Å². The summed E-state index contributed by atoms with van der Waals surface area (Å²) in [4.78, 5) is 18.4. The van der Waals surface area contributed by atoms with Crippen molar-refractivity contribution in [2.24, 2.45) is 0 Å². The Morgan fingerprint density at radius 3 is 2.58 bits per heavy atom. The Morgan fingerprint density at radius 2 is 1.84 bits per heavy atom. The predicted octanol–water partition coefficient (Wildman–Crippen LogP) is 5.26. The van der Waals surface area contributed by atoms with Gasteiger partial charge < -0.3 is 20.9 Å². The van der Waals surface area contributed by atoms with Crippen molar-refractivity contribution in [2.45, 2.75) is 6.18 Å². The number of carbonyl (C=O) groups is 1. The van der Waals surface area contributed by atoms with Crippen molar-refractivity contribution >= 4 is 33.9 Å². The maximum absolute atomic E-state index is 12.9.